The molecule has 2 unspecified atom stereocenters. The van der Waals surface area contributed by atoms with Crippen molar-refractivity contribution < 1.29 is 14.7 Å². The molecular formula is C13H13Cl2NO3. The second-order valence-corrected chi connectivity index (χ2v) is 5.49. The first-order valence-corrected chi connectivity index (χ1v) is 6.71. The van der Waals surface area contributed by atoms with E-state index in [-0.39, 0.29) is 17.9 Å². The highest BCUT2D eigenvalue weighted by Gasteiger charge is 2.30. The maximum Gasteiger partial charge on any atom is 0.306 e. The van der Waals surface area contributed by atoms with E-state index in [1.807, 2.05) is 0 Å². The van der Waals surface area contributed by atoms with Crippen molar-refractivity contribution in [2.75, 3.05) is 0 Å². The number of carboxylic acids is 1. The van der Waals surface area contributed by atoms with Gasteiger partial charge in [-0.05, 0) is 37.5 Å². The van der Waals surface area contributed by atoms with Gasteiger partial charge >= 0.3 is 5.97 Å². The van der Waals surface area contributed by atoms with Crippen molar-refractivity contribution in [1.29, 1.82) is 0 Å². The molecule has 1 aromatic carbocycles. The Morgan fingerprint density at radius 1 is 1.26 bits per heavy atom. The summed E-state index contributed by atoms with van der Waals surface area (Å²) < 4.78 is 0. The van der Waals surface area contributed by atoms with Crippen molar-refractivity contribution in [2.24, 2.45) is 5.92 Å². The number of halogens is 2. The van der Waals surface area contributed by atoms with Crippen LogP contribution in [0.4, 0.5) is 0 Å². The maximum atomic E-state index is 12.0. The molecule has 0 spiro atoms. The van der Waals surface area contributed by atoms with E-state index in [9.17, 15) is 9.59 Å². The van der Waals surface area contributed by atoms with Gasteiger partial charge in [-0.2, -0.15) is 0 Å². The normalized spacial score (nSPS) is 22.2. The Kier molecular flexibility index (Phi) is 4.32. The number of rotatable bonds is 3. The van der Waals surface area contributed by atoms with E-state index >= 15 is 0 Å². The summed E-state index contributed by atoms with van der Waals surface area (Å²) in [5.41, 5.74) is 0.313. The van der Waals surface area contributed by atoms with Gasteiger partial charge < -0.3 is 10.4 Å². The summed E-state index contributed by atoms with van der Waals surface area (Å²) in [6, 6.07) is 4.55. The molecule has 2 rings (SSSR count). The molecule has 0 radical (unpaired) electrons. The SMILES string of the molecule is O=C(NC1CCC(C(=O)O)C1)c1cc(Cl)ccc1Cl. The molecule has 1 fully saturated rings. The van der Waals surface area contributed by atoms with Gasteiger partial charge in [-0.15, -0.1) is 0 Å². The molecule has 6 heteroatoms. The second-order valence-electron chi connectivity index (χ2n) is 4.64. The van der Waals surface area contributed by atoms with Crippen LogP contribution in [0.2, 0.25) is 10.0 Å². The highest BCUT2D eigenvalue weighted by atomic mass is 35.5. The molecule has 0 saturated heterocycles. The third kappa shape index (κ3) is 3.39. The molecule has 4 nitrogen and oxygen atoms in total. The first kappa shape index (κ1) is 14.2. The maximum absolute atomic E-state index is 12.0. The zero-order chi connectivity index (χ0) is 14.0. The van der Waals surface area contributed by atoms with E-state index in [4.69, 9.17) is 28.3 Å². The Morgan fingerprint density at radius 2 is 2.00 bits per heavy atom. The Morgan fingerprint density at radius 3 is 2.63 bits per heavy atom. The van der Waals surface area contributed by atoms with Crippen LogP contribution >= 0.6 is 23.2 Å². The van der Waals surface area contributed by atoms with Crippen molar-refractivity contribution in [3.63, 3.8) is 0 Å². The van der Waals surface area contributed by atoms with Crippen LogP contribution in [0.15, 0.2) is 18.2 Å². The van der Waals surface area contributed by atoms with Crippen LogP contribution < -0.4 is 5.32 Å². The molecule has 0 heterocycles. The minimum atomic E-state index is -0.808. The quantitative estimate of drug-likeness (QED) is 0.902. The summed E-state index contributed by atoms with van der Waals surface area (Å²) in [6.45, 7) is 0. The molecule has 1 amide bonds. The first-order chi connectivity index (χ1) is 8.97. The lowest BCUT2D eigenvalue weighted by Gasteiger charge is -2.13. The number of carbonyl (C=O) groups excluding carboxylic acids is 1. The minimum absolute atomic E-state index is 0.122. The summed E-state index contributed by atoms with van der Waals surface area (Å²) in [5, 5.41) is 12.5. The van der Waals surface area contributed by atoms with Crippen molar-refractivity contribution in [3.05, 3.63) is 33.8 Å². The van der Waals surface area contributed by atoms with Gasteiger partial charge in [0.25, 0.3) is 5.91 Å². The minimum Gasteiger partial charge on any atom is -0.481 e. The number of carbonyl (C=O) groups is 2. The van der Waals surface area contributed by atoms with Gasteiger partial charge in [0.05, 0.1) is 16.5 Å². The lowest BCUT2D eigenvalue weighted by Crippen LogP contribution is -2.33. The van der Waals surface area contributed by atoms with Gasteiger partial charge in [-0.1, -0.05) is 23.2 Å². The number of hydrogen-bond acceptors (Lipinski definition) is 2. The highest BCUT2D eigenvalue weighted by Crippen LogP contribution is 2.27. The first-order valence-electron chi connectivity index (χ1n) is 5.96. The third-order valence-corrected chi connectivity index (χ3v) is 3.85. The average Bonchev–Trinajstić information content (AvgIpc) is 2.80. The van der Waals surface area contributed by atoms with Gasteiger partial charge in [-0.3, -0.25) is 9.59 Å². The zero-order valence-electron chi connectivity index (χ0n) is 10.0. The Balaban J connectivity index is 2.02. The van der Waals surface area contributed by atoms with Crippen LogP contribution in [0.1, 0.15) is 29.6 Å². The predicted octanol–water partition coefficient (Wildman–Crippen LogP) is 2.98. The van der Waals surface area contributed by atoms with Crippen LogP contribution in [0.25, 0.3) is 0 Å². The second kappa shape index (κ2) is 5.80. The summed E-state index contributed by atoms with van der Waals surface area (Å²) in [5.74, 6) is -1.50. The van der Waals surface area contributed by atoms with Crippen molar-refractivity contribution in [2.45, 2.75) is 25.3 Å². The molecule has 1 aromatic rings. The van der Waals surface area contributed by atoms with E-state index in [0.29, 0.717) is 34.9 Å². The number of benzene rings is 1. The monoisotopic (exact) mass is 301 g/mol. The molecule has 0 aliphatic heterocycles. The van der Waals surface area contributed by atoms with Crippen LogP contribution in [0, 0.1) is 5.92 Å². The van der Waals surface area contributed by atoms with E-state index < -0.39 is 5.97 Å². The topological polar surface area (TPSA) is 66.4 Å². The molecule has 19 heavy (non-hydrogen) atoms. The van der Waals surface area contributed by atoms with Gasteiger partial charge in [0.15, 0.2) is 0 Å². The lowest BCUT2D eigenvalue weighted by molar-refractivity contribution is -0.141. The average molecular weight is 302 g/mol. The molecule has 0 bridgehead atoms. The third-order valence-electron chi connectivity index (χ3n) is 3.29. The molecule has 0 aromatic heterocycles. The molecule has 2 atom stereocenters. The summed E-state index contributed by atoms with van der Waals surface area (Å²) in [6.07, 6.45) is 1.71. The summed E-state index contributed by atoms with van der Waals surface area (Å²) >= 11 is 11.8. The van der Waals surface area contributed by atoms with Gasteiger partial charge in [0, 0.05) is 11.1 Å². The van der Waals surface area contributed by atoms with E-state index in [1.165, 1.54) is 6.07 Å². The van der Waals surface area contributed by atoms with E-state index in [2.05, 4.69) is 5.32 Å². The zero-order valence-corrected chi connectivity index (χ0v) is 11.5. The fourth-order valence-corrected chi connectivity index (χ4v) is 2.65. The van der Waals surface area contributed by atoms with Crippen molar-refractivity contribution in [3.8, 4) is 0 Å². The number of aliphatic carboxylic acids is 1. The van der Waals surface area contributed by atoms with Crippen LogP contribution in [0.5, 0.6) is 0 Å². The van der Waals surface area contributed by atoms with E-state index in [1.54, 1.807) is 12.1 Å². The fourth-order valence-electron chi connectivity index (χ4n) is 2.27. The van der Waals surface area contributed by atoms with Gasteiger partial charge in [0.1, 0.15) is 0 Å². The Bertz CT molecular complexity index is 519. The van der Waals surface area contributed by atoms with Crippen molar-refractivity contribution >= 4 is 35.1 Å². The van der Waals surface area contributed by atoms with Crippen LogP contribution in [-0.2, 0) is 4.79 Å². The Labute approximate surface area is 120 Å². The fraction of sp³-hybridized carbons (Fsp3) is 0.385. The molecule has 2 N–H and O–H groups in total. The van der Waals surface area contributed by atoms with E-state index in [0.717, 1.165) is 0 Å². The summed E-state index contributed by atoms with van der Waals surface area (Å²) in [7, 11) is 0. The standard InChI is InChI=1S/C13H13Cl2NO3/c14-8-2-4-11(15)10(6-8)12(17)16-9-3-1-7(5-9)13(18)19/h2,4,6-7,9H,1,3,5H2,(H,16,17)(H,18,19). The molecule has 102 valence electrons. The van der Waals surface area contributed by atoms with Crippen LogP contribution in [-0.4, -0.2) is 23.0 Å². The van der Waals surface area contributed by atoms with Crippen LogP contribution in [0.3, 0.4) is 0 Å². The number of amides is 1. The predicted molar refractivity (Wildman–Crippen MR) is 72.7 cm³/mol. The molecule has 1 aliphatic rings. The molecule has 1 aliphatic carbocycles. The number of nitrogens with one attached hydrogen (secondary N) is 1. The van der Waals surface area contributed by atoms with Crippen molar-refractivity contribution in [1.82, 2.24) is 5.32 Å². The summed E-state index contributed by atoms with van der Waals surface area (Å²) in [4.78, 5) is 22.9. The van der Waals surface area contributed by atoms with Gasteiger partial charge in [0.2, 0.25) is 0 Å². The lowest BCUT2D eigenvalue weighted by atomic mass is 10.1. The smallest absolute Gasteiger partial charge is 0.306 e. The molecule has 1 saturated carbocycles. The van der Waals surface area contributed by atoms with Gasteiger partial charge in [-0.25, -0.2) is 0 Å². The Hall–Kier alpha value is -1.26. The largest absolute Gasteiger partial charge is 0.481 e. The number of carboxylic acid groups (broad SMARTS) is 1. The number of hydrogen-bond donors (Lipinski definition) is 2. The highest BCUT2D eigenvalue weighted by molar-refractivity contribution is 6.35. The molecular weight excluding hydrogens is 289 g/mol.